The number of nitrogens with zero attached hydrogens (tertiary/aromatic N) is 2. The smallest absolute Gasteiger partial charge is 0.350 e. The van der Waals surface area contributed by atoms with E-state index in [-0.39, 0.29) is 5.97 Å². The largest absolute Gasteiger partial charge is 0.462 e. The molecule has 2 N–H and O–H groups in total. The van der Waals surface area contributed by atoms with Gasteiger partial charge in [-0.15, -0.1) is 0 Å². The first-order valence-electron chi connectivity index (χ1n) is 6.36. The van der Waals surface area contributed by atoms with Gasteiger partial charge in [-0.1, -0.05) is 11.3 Å². The Morgan fingerprint density at radius 3 is 3.11 bits per heavy atom. The van der Waals surface area contributed by atoms with Gasteiger partial charge >= 0.3 is 5.97 Å². The molecule has 1 heterocycles. The third-order valence-electron chi connectivity index (χ3n) is 2.68. The van der Waals surface area contributed by atoms with E-state index in [1.807, 2.05) is 0 Å². The van der Waals surface area contributed by atoms with Crippen molar-refractivity contribution in [2.45, 2.75) is 26.7 Å². The zero-order valence-electron chi connectivity index (χ0n) is 11.1. The van der Waals surface area contributed by atoms with Crippen LogP contribution >= 0.6 is 11.3 Å². The minimum Gasteiger partial charge on any atom is -0.462 e. The lowest BCUT2D eigenvalue weighted by atomic mass is 10.4. The van der Waals surface area contributed by atoms with E-state index in [0.717, 1.165) is 12.5 Å². The SMILES string of the molecule is CCOC(=O)c1sc(N/C=N\NCC2CC2)nc1C. The minimum atomic E-state index is -0.325. The van der Waals surface area contributed by atoms with Crippen molar-refractivity contribution in [3.63, 3.8) is 0 Å². The molecule has 0 amide bonds. The molecule has 104 valence electrons. The minimum absolute atomic E-state index is 0.325. The second-order valence-electron chi connectivity index (χ2n) is 4.36. The summed E-state index contributed by atoms with van der Waals surface area (Å²) in [5.74, 6) is 0.462. The maximum atomic E-state index is 11.6. The number of anilines is 1. The normalized spacial score (nSPS) is 14.6. The second-order valence-corrected chi connectivity index (χ2v) is 5.36. The summed E-state index contributed by atoms with van der Waals surface area (Å²) in [4.78, 5) is 16.4. The molecule has 0 unspecified atom stereocenters. The van der Waals surface area contributed by atoms with Gasteiger partial charge in [0.05, 0.1) is 12.3 Å². The highest BCUT2D eigenvalue weighted by Gasteiger charge is 2.20. The van der Waals surface area contributed by atoms with Crippen LogP contribution in [0.25, 0.3) is 0 Å². The molecule has 0 bridgehead atoms. The zero-order valence-corrected chi connectivity index (χ0v) is 11.9. The Labute approximate surface area is 116 Å². The van der Waals surface area contributed by atoms with Crippen LogP contribution in [0.1, 0.15) is 35.1 Å². The maximum absolute atomic E-state index is 11.6. The number of hydrazone groups is 1. The van der Waals surface area contributed by atoms with Gasteiger partial charge in [0.25, 0.3) is 0 Å². The molecule has 0 atom stereocenters. The summed E-state index contributed by atoms with van der Waals surface area (Å²) in [5.41, 5.74) is 3.65. The number of hydrogen-bond acceptors (Lipinski definition) is 6. The summed E-state index contributed by atoms with van der Waals surface area (Å²) in [6, 6.07) is 0. The van der Waals surface area contributed by atoms with Crippen LogP contribution in [0.3, 0.4) is 0 Å². The Balaban J connectivity index is 1.82. The van der Waals surface area contributed by atoms with Crippen molar-refractivity contribution in [2.75, 3.05) is 18.5 Å². The van der Waals surface area contributed by atoms with Gasteiger partial charge in [0.15, 0.2) is 5.13 Å². The Bertz CT molecular complexity index is 468. The Hall–Kier alpha value is -1.63. The molecule has 0 radical (unpaired) electrons. The molecule has 7 heteroatoms. The quantitative estimate of drug-likeness (QED) is 0.346. The number of ether oxygens (including phenoxy) is 1. The highest BCUT2D eigenvalue weighted by atomic mass is 32.1. The third kappa shape index (κ3) is 4.20. The van der Waals surface area contributed by atoms with Crippen LogP contribution in [0.15, 0.2) is 5.10 Å². The Morgan fingerprint density at radius 2 is 2.42 bits per heavy atom. The number of rotatable bonds is 7. The molecule has 2 rings (SSSR count). The van der Waals surface area contributed by atoms with Crippen LogP contribution < -0.4 is 10.7 Å². The molecule has 0 spiro atoms. The number of carbonyl (C=O) groups excluding carboxylic acids is 1. The molecule has 0 aliphatic heterocycles. The van der Waals surface area contributed by atoms with E-state index in [4.69, 9.17) is 4.74 Å². The predicted octanol–water partition coefficient (Wildman–Crippen LogP) is 1.98. The molecule has 0 aromatic carbocycles. The monoisotopic (exact) mass is 282 g/mol. The highest BCUT2D eigenvalue weighted by Crippen LogP contribution is 2.27. The van der Waals surface area contributed by atoms with E-state index >= 15 is 0 Å². The number of carbonyl (C=O) groups is 1. The standard InChI is InChI=1S/C12H18N4O2S/c1-3-18-11(17)10-8(2)16-12(19-10)13-7-15-14-6-9-4-5-9/h7,9,14H,3-6H2,1-2H3,(H,13,15,16). The number of esters is 1. The molecule has 1 saturated carbocycles. The van der Waals surface area contributed by atoms with Crippen LogP contribution in [0.5, 0.6) is 0 Å². The fraction of sp³-hybridized carbons (Fsp3) is 0.583. The van der Waals surface area contributed by atoms with E-state index in [2.05, 4.69) is 20.8 Å². The lowest BCUT2D eigenvalue weighted by molar-refractivity contribution is 0.0531. The van der Waals surface area contributed by atoms with Crippen molar-refractivity contribution < 1.29 is 9.53 Å². The number of hydrogen-bond donors (Lipinski definition) is 2. The maximum Gasteiger partial charge on any atom is 0.350 e. The van der Waals surface area contributed by atoms with E-state index < -0.39 is 0 Å². The van der Waals surface area contributed by atoms with Crippen molar-refractivity contribution in [3.8, 4) is 0 Å². The van der Waals surface area contributed by atoms with Gasteiger partial charge in [-0.2, -0.15) is 5.10 Å². The van der Waals surface area contributed by atoms with Crippen LogP contribution in [-0.2, 0) is 4.74 Å². The van der Waals surface area contributed by atoms with Crippen LogP contribution in [0.4, 0.5) is 5.13 Å². The molecule has 1 aliphatic carbocycles. The van der Waals surface area contributed by atoms with E-state index in [9.17, 15) is 4.79 Å². The average Bonchev–Trinajstić information content (AvgIpc) is 3.12. The van der Waals surface area contributed by atoms with Crippen LogP contribution in [-0.4, -0.2) is 30.4 Å². The second kappa shape index (κ2) is 6.51. The van der Waals surface area contributed by atoms with E-state index in [1.165, 1.54) is 24.2 Å². The summed E-state index contributed by atoms with van der Waals surface area (Å²) in [6.45, 7) is 4.86. The lowest BCUT2D eigenvalue weighted by Gasteiger charge is -1.97. The topological polar surface area (TPSA) is 75.6 Å². The van der Waals surface area contributed by atoms with Crippen LogP contribution in [0, 0.1) is 12.8 Å². The molecule has 1 aromatic rings. The molecule has 0 saturated heterocycles. The number of aromatic nitrogens is 1. The van der Waals surface area contributed by atoms with E-state index in [0.29, 0.717) is 22.3 Å². The lowest BCUT2D eigenvalue weighted by Crippen LogP contribution is -2.10. The van der Waals surface area contributed by atoms with Gasteiger partial charge in [0.1, 0.15) is 11.2 Å². The van der Waals surface area contributed by atoms with Crippen molar-refractivity contribution in [1.29, 1.82) is 0 Å². The zero-order chi connectivity index (χ0) is 13.7. The summed E-state index contributed by atoms with van der Waals surface area (Å²) >= 11 is 1.27. The van der Waals surface area contributed by atoms with E-state index in [1.54, 1.807) is 20.2 Å². The average molecular weight is 282 g/mol. The third-order valence-corrected chi connectivity index (χ3v) is 3.75. The molecular weight excluding hydrogens is 264 g/mol. The summed E-state index contributed by atoms with van der Waals surface area (Å²) in [7, 11) is 0. The Morgan fingerprint density at radius 1 is 1.63 bits per heavy atom. The van der Waals surface area contributed by atoms with Gasteiger partial charge in [-0.05, 0) is 32.6 Å². The van der Waals surface area contributed by atoms with Gasteiger partial charge in [-0.3, -0.25) is 0 Å². The summed E-state index contributed by atoms with van der Waals surface area (Å²) in [5, 5.41) is 7.61. The van der Waals surface area contributed by atoms with Crippen molar-refractivity contribution in [2.24, 2.45) is 11.0 Å². The number of thiazole rings is 1. The molecule has 1 aliphatic rings. The van der Waals surface area contributed by atoms with Crippen molar-refractivity contribution in [3.05, 3.63) is 10.6 Å². The van der Waals surface area contributed by atoms with Crippen molar-refractivity contribution in [1.82, 2.24) is 10.4 Å². The first-order chi connectivity index (χ1) is 9.20. The molecule has 19 heavy (non-hydrogen) atoms. The summed E-state index contributed by atoms with van der Waals surface area (Å²) < 4.78 is 4.96. The van der Waals surface area contributed by atoms with Crippen LogP contribution in [0.2, 0.25) is 0 Å². The molecule has 1 fully saturated rings. The predicted molar refractivity (Wildman–Crippen MR) is 75.6 cm³/mol. The van der Waals surface area contributed by atoms with Gasteiger partial charge in [0, 0.05) is 6.54 Å². The molecular formula is C12H18N4O2S. The number of aryl methyl sites for hydroxylation is 1. The number of nitrogens with one attached hydrogen (secondary N) is 2. The Kier molecular flexibility index (Phi) is 4.73. The highest BCUT2D eigenvalue weighted by molar-refractivity contribution is 7.17. The fourth-order valence-electron chi connectivity index (χ4n) is 1.48. The van der Waals surface area contributed by atoms with Gasteiger partial charge in [-0.25, -0.2) is 9.78 Å². The first-order valence-corrected chi connectivity index (χ1v) is 7.17. The molecule has 1 aromatic heterocycles. The molecule has 6 nitrogen and oxygen atoms in total. The fourth-order valence-corrected chi connectivity index (χ4v) is 2.30. The van der Waals surface area contributed by atoms with Gasteiger partial charge in [0.2, 0.25) is 0 Å². The van der Waals surface area contributed by atoms with Gasteiger partial charge < -0.3 is 15.5 Å². The first kappa shape index (κ1) is 13.8. The van der Waals surface area contributed by atoms with Crippen molar-refractivity contribution >= 4 is 28.8 Å². The summed E-state index contributed by atoms with van der Waals surface area (Å²) in [6.07, 6.45) is 4.14.